The highest BCUT2D eigenvalue weighted by Gasteiger charge is 2.16. The number of nitrogens with zero attached hydrogens (tertiary/aromatic N) is 2. The van der Waals surface area contributed by atoms with Gasteiger partial charge in [0.25, 0.3) is 0 Å². The molecule has 2 N–H and O–H groups in total. The normalized spacial score (nSPS) is 14.7. The zero-order chi connectivity index (χ0) is 19.3. The fraction of sp³-hybridized carbons (Fsp3) is 0.227. The van der Waals surface area contributed by atoms with Crippen LogP contribution in [0.2, 0.25) is 0 Å². The maximum Gasteiger partial charge on any atom is 0.196 e. The monoisotopic (exact) mass is 390 g/mol. The molecule has 0 aliphatic carbocycles. The van der Waals surface area contributed by atoms with Gasteiger partial charge in [0.1, 0.15) is 5.00 Å². The first kappa shape index (κ1) is 18.4. The van der Waals surface area contributed by atoms with E-state index in [4.69, 9.17) is 0 Å². The fourth-order valence-electron chi connectivity index (χ4n) is 3.16. The summed E-state index contributed by atoms with van der Waals surface area (Å²) in [7, 11) is 0. The van der Waals surface area contributed by atoms with Crippen molar-refractivity contribution in [2.75, 3.05) is 18.4 Å². The molecule has 0 spiro atoms. The van der Waals surface area contributed by atoms with Crippen LogP contribution in [0.1, 0.15) is 46.4 Å². The summed E-state index contributed by atoms with van der Waals surface area (Å²) in [5, 5.41) is 7.52. The van der Waals surface area contributed by atoms with Gasteiger partial charge in [0.15, 0.2) is 11.7 Å². The van der Waals surface area contributed by atoms with Crippen molar-refractivity contribution >= 4 is 28.3 Å². The second-order valence-electron chi connectivity index (χ2n) is 6.79. The van der Waals surface area contributed by atoms with Gasteiger partial charge in [0.05, 0.1) is 5.69 Å². The van der Waals surface area contributed by atoms with Gasteiger partial charge in [-0.05, 0) is 35.6 Å². The molecule has 1 aromatic heterocycles. The molecule has 142 valence electrons. The van der Waals surface area contributed by atoms with Gasteiger partial charge in [0.2, 0.25) is 0 Å². The van der Waals surface area contributed by atoms with E-state index in [0.29, 0.717) is 11.1 Å². The Morgan fingerprint density at radius 2 is 1.93 bits per heavy atom. The lowest BCUT2D eigenvalue weighted by molar-refractivity contribution is 0.103. The lowest BCUT2D eigenvalue weighted by atomic mass is 9.94. The summed E-state index contributed by atoms with van der Waals surface area (Å²) in [6.07, 6.45) is 1.06. The van der Waals surface area contributed by atoms with Crippen molar-refractivity contribution in [1.29, 1.82) is 0 Å². The number of carbonyl (C=O) groups excluding carboxylic acids is 1. The molecule has 1 aliphatic heterocycles. The Morgan fingerprint density at radius 1 is 1.11 bits per heavy atom. The van der Waals surface area contributed by atoms with E-state index in [9.17, 15) is 4.79 Å². The first-order valence-corrected chi connectivity index (χ1v) is 10.2. The maximum absolute atomic E-state index is 12.7. The minimum absolute atomic E-state index is 0.0386. The number of nitrogens with one attached hydrogen (secondary N) is 2. The summed E-state index contributed by atoms with van der Waals surface area (Å²) in [6.45, 7) is 3.90. The largest absolute Gasteiger partial charge is 0.356 e. The second-order valence-corrected chi connectivity index (χ2v) is 7.60. The van der Waals surface area contributed by atoms with Crippen LogP contribution < -0.4 is 10.6 Å². The van der Waals surface area contributed by atoms with E-state index < -0.39 is 0 Å². The van der Waals surface area contributed by atoms with Crippen molar-refractivity contribution in [2.24, 2.45) is 4.99 Å². The molecule has 28 heavy (non-hydrogen) atoms. The number of hydrogen-bond donors (Lipinski definition) is 2. The lowest BCUT2D eigenvalue weighted by Crippen LogP contribution is -2.34. The van der Waals surface area contributed by atoms with Crippen LogP contribution >= 0.6 is 11.5 Å². The van der Waals surface area contributed by atoms with Gasteiger partial charge in [-0.25, -0.2) is 0 Å². The first-order valence-electron chi connectivity index (χ1n) is 9.42. The van der Waals surface area contributed by atoms with E-state index in [2.05, 4.69) is 33.0 Å². The van der Waals surface area contributed by atoms with E-state index in [1.807, 2.05) is 54.6 Å². The third kappa shape index (κ3) is 4.12. The maximum atomic E-state index is 12.7. The highest BCUT2D eigenvalue weighted by Crippen LogP contribution is 2.28. The molecule has 0 fully saturated rings. The van der Waals surface area contributed by atoms with Gasteiger partial charge in [0, 0.05) is 30.1 Å². The number of benzene rings is 2. The molecule has 2 heterocycles. The molecule has 0 bridgehead atoms. The number of carbonyl (C=O) groups is 1. The van der Waals surface area contributed by atoms with Crippen molar-refractivity contribution in [3.8, 4) is 0 Å². The number of aromatic nitrogens is 1. The highest BCUT2D eigenvalue weighted by molar-refractivity contribution is 7.10. The van der Waals surface area contributed by atoms with Crippen molar-refractivity contribution in [3.63, 3.8) is 0 Å². The third-order valence-corrected chi connectivity index (χ3v) is 5.51. The molecule has 0 radical (unpaired) electrons. The predicted molar refractivity (Wildman–Crippen MR) is 114 cm³/mol. The van der Waals surface area contributed by atoms with E-state index >= 15 is 0 Å². The van der Waals surface area contributed by atoms with Crippen molar-refractivity contribution in [1.82, 2.24) is 9.69 Å². The molecule has 5 nitrogen and oxygen atoms in total. The van der Waals surface area contributed by atoms with Gasteiger partial charge in [-0.15, -0.1) is 0 Å². The minimum Gasteiger partial charge on any atom is -0.356 e. The molecule has 0 saturated carbocycles. The predicted octanol–water partition coefficient (Wildman–Crippen LogP) is 4.29. The van der Waals surface area contributed by atoms with Gasteiger partial charge in [-0.1, -0.05) is 55.5 Å². The summed E-state index contributed by atoms with van der Waals surface area (Å²) in [5.41, 5.74) is 3.46. The third-order valence-electron chi connectivity index (χ3n) is 4.80. The van der Waals surface area contributed by atoms with Gasteiger partial charge >= 0.3 is 0 Å². The molecule has 6 heteroatoms. The molecular weight excluding hydrogens is 368 g/mol. The van der Waals surface area contributed by atoms with E-state index in [1.165, 1.54) is 11.5 Å². The van der Waals surface area contributed by atoms with Gasteiger partial charge < -0.3 is 10.6 Å². The van der Waals surface area contributed by atoms with Crippen LogP contribution in [0.5, 0.6) is 0 Å². The SMILES string of the molecule is CC(c1cccc(C(=O)c2ccccc2)c1)c1cc(NC2=NCCCN2)sn1. The Labute approximate surface area is 168 Å². The summed E-state index contributed by atoms with van der Waals surface area (Å²) in [5.74, 6) is 0.942. The quantitative estimate of drug-likeness (QED) is 0.638. The molecule has 1 unspecified atom stereocenters. The van der Waals surface area contributed by atoms with Crippen molar-refractivity contribution in [3.05, 3.63) is 83.0 Å². The van der Waals surface area contributed by atoms with Gasteiger partial charge in [-0.2, -0.15) is 4.37 Å². The molecule has 1 aliphatic rings. The zero-order valence-electron chi connectivity index (χ0n) is 15.7. The van der Waals surface area contributed by atoms with Crippen LogP contribution in [-0.2, 0) is 0 Å². The molecule has 3 aromatic rings. The van der Waals surface area contributed by atoms with Crippen LogP contribution in [-0.4, -0.2) is 29.2 Å². The van der Waals surface area contributed by atoms with Gasteiger partial charge in [-0.3, -0.25) is 9.79 Å². The second kappa shape index (κ2) is 8.35. The molecule has 0 saturated heterocycles. The average Bonchev–Trinajstić information content (AvgIpc) is 3.22. The number of rotatable bonds is 5. The zero-order valence-corrected chi connectivity index (χ0v) is 16.5. The van der Waals surface area contributed by atoms with E-state index in [0.717, 1.165) is 41.7 Å². The standard InChI is InChI=1S/C22H22N4OS/c1-15(19-14-20(28-26-19)25-22-23-11-6-12-24-22)17-9-5-10-18(13-17)21(27)16-7-3-2-4-8-16/h2-5,7-10,13-15H,6,11-12H2,1H3,(H2,23,24,25). The number of ketones is 1. The average molecular weight is 391 g/mol. The Balaban J connectivity index is 1.51. The van der Waals surface area contributed by atoms with Crippen LogP contribution in [0.4, 0.5) is 5.00 Å². The van der Waals surface area contributed by atoms with Crippen LogP contribution in [0.25, 0.3) is 0 Å². The van der Waals surface area contributed by atoms with Crippen LogP contribution in [0.15, 0.2) is 65.7 Å². The lowest BCUT2D eigenvalue weighted by Gasteiger charge is -2.14. The summed E-state index contributed by atoms with van der Waals surface area (Å²) in [4.78, 5) is 17.2. The highest BCUT2D eigenvalue weighted by atomic mass is 32.1. The Kier molecular flexibility index (Phi) is 5.48. The number of aliphatic imine (C=N–C) groups is 1. The van der Waals surface area contributed by atoms with Crippen LogP contribution in [0, 0.1) is 0 Å². The molecule has 2 aromatic carbocycles. The first-order chi connectivity index (χ1) is 13.7. The molecule has 0 amide bonds. The minimum atomic E-state index is 0.0386. The van der Waals surface area contributed by atoms with E-state index in [1.54, 1.807) is 0 Å². The summed E-state index contributed by atoms with van der Waals surface area (Å²) in [6, 6.07) is 19.3. The molecule has 1 atom stereocenters. The van der Waals surface area contributed by atoms with E-state index in [-0.39, 0.29) is 11.7 Å². The molecular formula is C22H22N4OS. The topological polar surface area (TPSA) is 66.4 Å². The smallest absolute Gasteiger partial charge is 0.196 e. The summed E-state index contributed by atoms with van der Waals surface area (Å²) >= 11 is 1.42. The fourth-order valence-corrected chi connectivity index (χ4v) is 3.89. The molecule has 4 rings (SSSR count). The number of hydrogen-bond acceptors (Lipinski definition) is 6. The Bertz CT molecular complexity index is 997. The Morgan fingerprint density at radius 3 is 2.71 bits per heavy atom. The van der Waals surface area contributed by atoms with Crippen molar-refractivity contribution < 1.29 is 4.79 Å². The number of guanidine groups is 1. The summed E-state index contributed by atoms with van der Waals surface area (Å²) < 4.78 is 4.60. The van der Waals surface area contributed by atoms with Crippen molar-refractivity contribution in [2.45, 2.75) is 19.3 Å². The number of anilines is 1. The Hall–Kier alpha value is -2.99. The van der Waals surface area contributed by atoms with Crippen LogP contribution in [0.3, 0.4) is 0 Å².